The summed E-state index contributed by atoms with van der Waals surface area (Å²) < 4.78 is 52.1. The first-order valence-corrected chi connectivity index (χ1v) is 12.3. The molecule has 0 unspecified atom stereocenters. The molecular weight excluding hydrogens is 498 g/mol. The zero-order chi connectivity index (χ0) is 24.9. The highest BCUT2D eigenvalue weighted by atomic mass is 32.2. The summed E-state index contributed by atoms with van der Waals surface area (Å²) in [5, 5.41) is 16.4. The quantitative estimate of drug-likeness (QED) is 0.432. The number of carbonyl (C=O) groups is 1. The van der Waals surface area contributed by atoms with E-state index in [2.05, 4.69) is 9.98 Å². The van der Waals surface area contributed by atoms with Gasteiger partial charge in [0.15, 0.2) is 4.80 Å². The van der Waals surface area contributed by atoms with Gasteiger partial charge in [0.2, 0.25) is 15.9 Å². The lowest BCUT2D eigenvalue weighted by molar-refractivity contribution is -0.112. The lowest BCUT2D eigenvalue weighted by Crippen LogP contribution is -2.26. The molecule has 35 heavy (non-hydrogen) atoms. The van der Waals surface area contributed by atoms with Crippen molar-refractivity contribution in [3.8, 4) is 11.6 Å². The van der Waals surface area contributed by atoms with Crippen LogP contribution in [0.3, 0.4) is 0 Å². The third kappa shape index (κ3) is 4.07. The van der Waals surface area contributed by atoms with Crippen molar-refractivity contribution in [2.24, 2.45) is 15.1 Å². The van der Waals surface area contributed by atoms with Gasteiger partial charge in [0, 0.05) is 5.22 Å². The minimum absolute atomic E-state index is 0.00360. The molecule has 3 N–H and O–H groups in total. The molecule has 8 nitrogen and oxygen atoms in total. The van der Waals surface area contributed by atoms with Crippen LogP contribution < -0.4 is 20.5 Å². The fraction of sp³-hybridized carbons (Fsp3) is 0. The van der Waals surface area contributed by atoms with Crippen molar-refractivity contribution in [1.82, 2.24) is 4.57 Å². The van der Waals surface area contributed by atoms with Crippen molar-refractivity contribution in [3.05, 3.63) is 98.6 Å². The van der Waals surface area contributed by atoms with Crippen LogP contribution >= 0.6 is 11.3 Å². The number of primary sulfonamides is 1. The second-order valence-corrected chi connectivity index (χ2v) is 9.97. The fourth-order valence-electron chi connectivity index (χ4n) is 3.58. The lowest BCUT2D eigenvalue weighted by atomic mass is 10.1. The maximum Gasteiger partial charge on any atom is 0.279 e. The number of hydrogen-bond acceptors (Lipinski definition) is 6. The summed E-state index contributed by atoms with van der Waals surface area (Å²) in [6, 6.07) is 14.7. The Morgan fingerprint density at radius 3 is 2.34 bits per heavy atom. The van der Waals surface area contributed by atoms with Gasteiger partial charge in [-0.2, -0.15) is 0 Å². The number of carbonyl (C=O) groups excluding carboxylic acids is 1. The zero-order valence-corrected chi connectivity index (χ0v) is 19.1. The van der Waals surface area contributed by atoms with Gasteiger partial charge in [-0.1, -0.05) is 23.5 Å². The van der Waals surface area contributed by atoms with Crippen LogP contribution in [0.15, 0.2) is 81.6 Å². The molecule has 2 heterocycles. The van der Waals surface area contributed by atoms with Crippen LogP contribution in [0.1, 0.15) is 4.88 Å². The molecule has 0 aliphatic carbocycles. The van der Waals surface area contributed by atoms with Crippen LogP contribution in [0, 0.1) is 11.6 Å². The molecule has 3 aromatic carbocycles. The van der Waals surface area contributed by atoms with Gasteiger partial charge in [-0.15, -0.1) is 0 Å². The monoisotopic (exact) mass is 512 g/mol. The number of nitrogens with two attached hydrogens (primary N) is 1. The first-order valence-electron chi connectivity index (χ1n) is 9.94. The molecule has 1 amide bonds. The maximum atomic E-state index is 14.2. The minimum atomic E-state index is -3.90. The van der Waals surface area contributed by atoms with E-state index in [9.17, 15) is 27.1 Å². The Kier molecular flexibility index (Phi) is 5.43. The number of aromatic hydroxyl groups is 1. The number of aromatic nitrogens is 1. The summed E-state index contributed by atoms with van der Waals surface area (Å²) in [6.07, 6.45) is 0. The fourth-order valence-corrected chi connectivity index (χ4v) is 5.19. The van der Waals surface area contributed by atoms with E-state index in [1.54, 1.807) is 0 Å². The summed E-state index contributed by atoms with van der Waals surface area (Å²) in [5.41, 5.74) is 0.664. The molecule has 4 aromatic rings. The highest BCUT2D eigenvalue weighted by Gasteiger charge is 2.27. The van der Waals surface area contributed by atoms with Crippen LogP contribution in [0.2, 0.25) is 0 Å². The molecule has 0 saturated heterocycles. The third-order valence-electron chi connectivity index (χ3n) is 5.18. The van der Waals surface area contributed by atoms with Gasteiger partial charge in [-0.25, -0.2) is 32.3 Å². The Labute approximate surface area is 200 Å². The molecule has 0 radical (unpaired) electrons. The van der Waals surface area contributed by atoms with Gasteiger partial charge >= 0.3 is 0 Å². The Morgan fingerprint density at radius 2 is 1.69 bits per heavy atom. The summed E-state index contributed by atoms with van der Waals surface area (Å²) in [7, 11) is -3.90. The molecule has 5 rings (SSSR count). The summed E-state index contributed by atoms with van der Waals surface area (Å²) in [4.78, 5) is 21.1. The SMILES string of the molecule is NS(=O)(=O)c1ccc(N=c2sc(C3=c4cccc(F)c4=NC3=O)c(O)n2-c2ccc(F)cc2)cc1. The van der Waals surface area contributed by atoms with Crippen molar-refractivity contribution in [2.75, 3.05) is 0 Å². The van der Waals surface area contributed by atoms with Crippen molar-refractivity contribution < 1.29 is 27.1 Å². The van der Waals surface area contributed by atoms with Crippen LogP contribution in [-0.2, 0) is 14.8 Å². The number of halogens is 2. The minimum Gasteiger partial charge on any atom is -0.493 e. The molecule has 0 saturated carbocycles. The zero-order valence-electron chi connectivity index (χ0n) is 17.5. The third-order valence-corrected chi connectivity index (χ3v) is 7.16. The Morgan fingerprint density at radius 1 is 1.00 bits per heavy atom. The second kappa shape index (κ2) is 8.34. The van der Waals surface area contributed by atoms with E-state index in [-0.39, 0.29) is 36.6 Å². The van der Waals surface area contributed by atoms with Gasteiger partial charge in [0.25, 0.3) is 5.91 Å². The number of para-hydroxylation sites is 1. The predicted molar refractivity (Wildman–Crippen MR) is 123 cm³/mol. The molecule has 12 heteroatoms. The van der Waals surface area contributed by atoms with Crippen molar-refractivity contribution in [2.45, 2.75) is 4.90 Å². The predicted octanol–water partition coefficient (Wildman–Crippen LogP) is 1.76. The summed E-state index contributed by atoms with van der Waals surface area (Å²) in [6.45, 7) is 0. The first-order chi connectivity index (χ1) is 16.6. The van der Waals surface area contributed by atoms with Crippen LogP contribution in [0.5, 0.6) is 5.88 Å². The van der Waals surface area contributed by atoms with Gasteiger partial charge < -0.3 is 5.11 Å². The lowest BCUT2D eigenvalue weighted by Gasteiger charge is -2.06. The van der Waals surface area contributed by atoms with Crippen LogP contribution in [0.4, 0.5) is 14.5 Å². The molecule has 0 atom stereocenters. The average molecular weight is 513 g/mol. The van der Waals surface area contributed by atoms with Crippen LogP contribution in [-0.4, -0.2) is 24.0 Å². The standard InChI is InChI=1S/C23H14F2N4O4S2/c24-12-4-8-14(9-5-12)29-22(31)20(18-16-2-1-3-17(25)19(16)28-21(18)30)34-23(29)27-13-6-10-15(11-7-13)35(26,32)33/h1-11,31H,(H2,26,32,33). The molecular formula is C23H14F2N4O4S2. The average Bonchev–Trinajstić information content (AvgIpc) is 3.30. The normalized spacial score (nSPS) is 13.7. The van der Waals surface area contributed by atoms with Crippen LogP contribution in [0.25, 0.3) is 11.3 Å². The largest absolute Gasteiger partial charge is 0.493 e. The summed E-state index contributed by atoms with van der Waals surface area (Å²) >= 11 is 0.929. The van der Waals surface area contributed by atoms with E-state index in [1.807, 2.05) is 0 Å². The number of benzene rings is 3. The van der Waals surface area contributed by atoms with Crippen molar-refractivity contribution in [3.63, 3.8) is 0 Å². The van der Waals surface area contributed by atoms with Crippen molar-refractivity contribution >= 4 is 38.5 Å². The van der Waals surface area contributed by atoms with E-state index in [0.29, 0.717) is 11.4 Å². The smallest absolute Gasteiger partial charge is 0.279 e. The maximum absolute atomic E-state index is 14.2. The van der Waals surface area contributed by atoms with Gasteiger partial charge in [0.1, 0.15) is 21.9 Å². The van der Waals surface area contributed by atoms with Crippen molar-refractivity contribution in [1.29, 1.82) is 0 Å². The number of sulfonamides is 1. The number of rotatable bonds is 4. The Hall–Kier alpha value is -4.00. The topological polar surface area (TPSA) is 127 Å². The number of amides is 1. The van der Waals surface area contributed by atoms with E-state index in [1.165, 1.54) is 71.3 Å². The number of nitrogens with zero attached hydrogens (tertiary/aromatic N) is 3. The molecule has 1 aliphatic heterocycles. The molecule has 0 bridgehead atoms. The van der Waals surface area contributed by atoms with Gasteiger partial charge in [-0.3, -0.25) is 9.36 Å². The number of hydrogen-bond donors (Lipinski definition) is 2. The Bertz CT molecular complexity index is 1810. The van der Waals surface area contributed by atoms with E-state index < -0.39 is 27.6 Å². The van der Waals surface area contributed by atoms with Gasteiger partial charge in [-0.05, 0) is 54.6 Å². The molecule has 0 spiro atoms. The molecule has 176 valence electrons. The molecule has 1 aliphatic rings. The molecule has 1 aromatic heterocycles. The van der Waals surface area contributed by atoms with E-state index in [4.69, 9.17) is 5.14 Å². The summed E-state index contributed by atoms with van der Waals surface area (Å²) in [5.74, 6) is -2.27. The Balaban J connectivity index is 1.78. The number of thiazole rings is 1. The highest BCUT2D eigenvalue weighted by molar-refractivity contribution is 7.89. The highest BCUT2D eigenvalue weighted by Crippen LogP contribution is 2.31. The number of fused-ring (bicyclic) bond motifs is 1. The first kappa shape index (κ1) is 22.8. The van der Waals surface area contributed by atoms with E-state index in [0.717, 1.165) is 11.3 Å². The second-order valence-electron chi connectivity index (χ2n) is 7.43. The van der Waals surface area contributed by atoms with Gasteiger partial charge in [0.05, 0.1) is 21.8 Å². The van der Waals surface area contributed by atoms with E-state index >= 15 is 0 Å². The molecule has 0 fully saturated rings.